The van der Waals surface area contributed by atoms with E-state index in [-0.39, 0.29) is 0 Å². The molecule has 0 aliphatic heterocycles. The van der Waals surface area contributed by atoms with Crippen molar-refractivity contribution in [2.75, 3.05) is 18.1 Å². The number of hydrogen-bond acceptors (Lipinski definition) is 1. The van der Waals surface area contributed by atoms with Crippen LogP contribution in [0.25, 0.3) is 0 Å². The van der Waals surface area contributed by atoms with E-state index in [1.54, 1.807) is 0 Å². The molecule has 1 aromatic rings. The molecule has 0 fully saturated rings. The Labute approximate surface area is 128 Å². The Hall–Kier alpha value is -1.68. The second kappa shape index (κ2) is 7.93. The molecule has 114 valence electrons. The number of carbonyl (C=O) groups is 1. The van der Waals surface area contributed by atoms with Crippen LogP contribution in [-0.4, -0.2) is 27.2 Å². The molecule has 0 bridgehead atoms. The standard InChI is InChI=1S/C17H24FNOSi/c1-5-11-21(4,12-6-2)16-10-8-9-15(13-16)19(7-3)17(20)14-18/h5-6,8-10,13H,1-2,7,11-12,14H2,3-4H3. The van der Waals surface area contributed by atoms with Gasteiger partial charge >= 0.3 is 0 Å². The first-order valence-electron chi connectivity index (χ1n) is 7.21. The zero-order valence-electron chi connectivity index (χ0n) is 12.9. The molecular weight excluding hydrogens is 281 g/mol. The summed E-state index contributed by atoms with van der Waals surface area (Å²) >= 11 is 0. The average Bonchev–Trinajstić information content (AvgIpc) is 2.48. The van der Waals surface area contributed by atoms with Gasteiger partial charge in [0.1, 0.15) is 0 Å². The molecule has 1 rings (SSSR count). The zero-order valence-corrected chi connectivity index (χ0v) is 13.9. The lowest BCUT2D eigenvalue weighted by Gasteiger charge is -2.27. The molecule has 0 unspecified atom stereocenters. The summed E-state index contributed by atoms with van der Waals surface area (Å²) in [4.78, 5) is 13.2. The monoisotopic (exact) mass is 305 g/mol. The van der Waals surface area contributed by atoms with Crippen molar-refractivity contribution >= 4 is 24.9 Å². The zero-order chi connectivity index (χ0) is 15.9. The van der Waals surface area contributed by atoms with Crippen LogP contribution in [0.4, 0.5) is 10.1 Å². The Balaban J connectivity index is 3.21. The van der Waals surface area contributed by atoms with Crippen LogP contribution in [0.1, 0.15) is 6.92 Å². The van der Waals surface area contributed by atoms with Gasteiger partial charge in [0.25, 0.3) is 5.91 Å². The minimum atomic E-state index is -1.73. The molecule has 1 amide bonds. The Morgan fingerprint density at radius 3 is 2.43 bits per heavy atom. The molecule has 1 aromatic carbocycles. The summed E-state index contributed by atoms with van der Waals surface area (Å²) in [5.41, 5.74) is 0.768. The van der Waals surface area contributed by atoms with Crippen molar-refractivity contribution in [2.45, 2.75) is 25.6 Å². The normalized spacial score (nSPS) is 11.0. The third-order valence-corrected chi connectivity index (χ3v) is 7.86. The molecule has 0 atom stereocenters. The van der Waals surface area contributed by atoms with E-state index >= 15 is 0 Å². The summed E-state index contributed by atoms with van der Waals surface area (Å²) in [6, 6.07) is 9.82. The van der Waals surface area contributed by atoms with Gasteiger partial charge in [-0.1, -0.05) is 36.0 Å². The number of halogens is 1. The highest BCUT2D eigenvalue weighted by atomic mass is 28.3. The van der Waals surface area contributed by atoms with Crippen LogP contribution in [0.3, 0.4) is 0 Å². The Morgan fingerprint density at radius 1 is 1.33 bits per heavy atom. The molecule has 0 heterocycles. The highest BCUT2D eigenvalue weighted by Gasteiger charge is 2.27. The van der Waals surface area contributed by atoms with Crippen LogP contribution in [-0.2, 0) is 4.79 Å². The smallest absolute Gasteiger partial charge is 0.258 e. The van der Waals surface area contributed by atoms with Crippen LogP contribution >= 0.6 is 0 Å². The predicted octanol–water partition coefficient (Wildman–Crippen LogP) is 3.67. The second-order valence-corrected chi connectivity index (χ2v) is 9.88. The molecule has 2 nitrogen and oxygen atoms in total. The Morgan fingerprint density at radius 2 is 1.95 bits per heavy atom. The van der Waals surface area contributed by atoms with Crippen LogP contribution in [0, 0.1) is 0 Å². The largest absolute Gasteiger partial charge is 0.310 e. The van der Waals surface area contributed by atoms with Crippen molar-refractivity contribution in [3.8, 4) is 0 Å². The maximum absolute atomic E-state index is 12.7. The summed E-state index contributed by atoms with van der Waals surface area (Å²) in [6.45, 7) is 11.3. The fourth-order valence-corrected chi connectivity index (χ4v) is 5.49. The number of alkyl halides is 1. The predicted molar refractivity (Wildman–Crippen MR) is 91.7 cm³/mol. The first kappa shape index (κ1) is 17.4. The summed E-state index contributed by atoms with van der Waals surface area (Å²) in [5, 5.41) is 1.24. The molecule has 0 saturated carbocycles. The molecule has 0 N–H and O–H groups in total. The van der Waals surface area contributed by atoms with E-state index in [1.807, 2.05) is 37.3 Å². The van der Waals surface area contributed by atoms with Crippen molar-refractivity contribution in [3.63, 3.8) is 0 Å². The van der Waals surface area contributed by atoms with E-state index in [0.29, 0.717) is 6.54 Å². The van der Waals surface area contributed by atoms with Gasteiger partial charge in [-0.25, -0.2) is 4.39 Å². The van der Waals surface area contributed by atoms with Crippen LogP contribution in [0.2, 0.25) is 18.6 Å². The topological polar surface area (TPSA) is 20.3 Å². The maximum atomic E-state index is 12.7. The quantitative estimate of drug-likeness (QED) is 0.530. The van der Waals surface area contributed by atoms with E-state index in [1.165, 1.54) is 10.1 Å². The molecule has 4 heteroatoms. The Kier molecular flexibility index (Phi) is 6.56. The number of rotatable bonds is 8. The molecule has 0 aliphatic carbocycles. The number of nitrogens with zero attached hydrogens (tertiary/aromatic N) is 1. The molecule has 0 aromatic heterocycles. The number of allylic oxidation sites excluding steroid dienone is 2. The second-order valence-electron chi connectivity index (χ2n) is 5.37. The van der Waals surface area contributed by atoms with E-state index in [9.17, 15) is 9.18 Å². The van der Waals surface area contributed by atoms with Crippen molar-refractivity contribution in [3.05, 3.63) is 49.6 Å². The van der Waals surface area contributed by atoms with Crippen LogP contribution in [0.15, 0.2) is 49.6 Å². The van der Waals surface area contributed by atoms with Gasteiger partial charge < -0.3 is 4.90 Å². The van der Waals surface area contributed by atoms with Gasteiger partial charge in [-0.05, 0) is 31.1 Å². The van der Waals surface area contributed by atoms with Crippen molar-refractivity contribution < 1.29 is 9.18 Å². The van der Waals surface area contributed by atoms with Crippen molar-refractivity contribution in [1.82, 2.24) is 0 Å². The number of anilines is 1. The summed E-state index contributed by atoms with van der Waals surface area (Å²) in [7, 11) is -1.73. The van der Waals surface area contributed by atoms with E-state index in [4.69, 9.17) is 0 Å². The van der Waals surface area contributed by atoms with Crippen LogP contribution < -0.4 is 10.1 Å². The summed E-state index contributed by atoms with van der Waals surface area (Å²) in [5.74, 6) is -0.495. The van der Waals surface area contributed by atoms with Crippen LogP contribution in [0.5, 0.6) is 0 Å². The minimum absolute atomic E-state index is 0.466. The van der Waals surface area contributed by atoms with Gasteiger partial charge in [-0.15, -0.1) is 13.2 Å². The fraction of sp³-hybridized carbons (Fsp3) is 0.353. The van der Waals surface area contributed by atoms with E-state index in [2.05, 4.69) is 25.8 Å². The number of hydrogen-bond donors (Lipinski definition) is 0. The maximum Gasteiger partial charge on any atom is 0.258 e. The first-order chi connectivity index (χ1) is 10.0. The number of benzene rings is 1. The van der Waals surface area contributed by atoms with Gasteiger partial charge in [0, 0.05) is 12.2 Å². The molecule has 21 heavy (non-hydrogen) atoms. The van der Waals surface area contributed by atoms with E-state index in [0.717, 1.165) is 17.8 Å². The van der Waals surface area contributed by atoms with Gasteiger partial charge in [-0.2, -0.15) is 0 Å². The van der Waals surface area contributed by atoms with Gasteiger partial charge in [0.2, 0.25) is 0 Å². The van der Waals surface area contributed by atoms with Gasteiger partial charge in [-0.3, -0.25) is 4.79 Å². The highest BCUT2D eigenvalue weighted by Crippen LogP contribution is 2.20. The molecule has 0 radical (unpaired) electrons. The fourth-order valence-electron chi connectivity index (χ4n) is 2.58. The van der Waals surface area contributed by atoms with Gasteiger partial charge in [0.05, 0.1) is 8.07 Å². The van der Waals surface area contributed by atoms with Gasteiger partial charge in [0.15, 0.2) is 6.67 Å². The van der Waals surface area contributed by atoms with E-state index < -0.39 is 20.7 Å². The molecule has 0 aliphatic rings. The molecular formula is C17H24FNOSi. The Bertz CT molecular complexity index is 505. The summed E-state index contributed by atoms with van der Waals surface area (Å²) < 4.78 is 12.7. The third-order valence-electron chi connectivity index (χ3n) is 3.78. The molecule has 0 spiro atoms. The third kappa shape index (κ3) is 4.14. The molecule has 0 saturated heterocycles. The number of amides is 1. The SMILES string of the molecule is C=CC[Si](C)(CC=C)c1cccc(N(CC)C(=O)CF)c1. The average molecular weight is 305 g/mol. The number of carbonyl (C=O) groups excluding carboxylic acids is 1. The summed E-state index contributed by atoms with van der Waals surface area (Å²) in [6.07, 6.45) is 3.90. The lowest BCUT2D eigenvalue weighted by Crippen LogP contribution is -2.44. The highest BCUT2D eigenvalue weighted by molar-refractivity contribution is 6.91. The van der Waals surface area contributed by atoms with Crippen molar-refractivity contribution in [1.29, 1.82) is 0 Å². The van der Waals surface area contributed by atoms with Crippen molar-refractivity contribution in [2.24, 2.45) is 0 Å². The minimum Gasteiger partial charge on any atom is -0.310 e. The lowest BCUT2D eigenvalue weighted by atomic mass is 10.3. The first-order valence-corrected chi connectivity index (χ1v) is 10.1. The lowest BCUT2D eigenvalue weighted by molar-refractivity contribution is -0.119.